The predicted octanol–water partition coefficient (Wildman–Crippen LogP) is 5.43. The van der Waals surface area contributed by atoms with Gasteiger partial charge in [-0.05, 0) is 69.7 Å². The molecule has 0 aliphatic heterocycles. The molecule has 0 radical (unpaired) electrons. The molecule has 0 unspecified atom stereocenters. The minimum atomic E-state index is 0.586. The Morgan fingerprint density at radius 2 is 1.56 bits per heavy atom. The number of aromatic nitrogens is 2. The van der Waals surface area contributed by atoms with E-state index in [-0.39, 0.29) is 0 Å². The van der Waals surface area contributed by atoms with Crippen LogP contribution in [0.15, 0.2) is 54.6 Å². The van der Waals surface area contributed by atoms with Crippen molar-refractivity contribution in [2.45, 2.75) is 27.7 Å². The molecule has 140 valence electrons. The number of rotatable bonds is 7. The standard InChI is InChI=1S/C22H27N5/c1-5-27(6-2)20-12-10-18(11-13-20)24-21-15-17(4)23-22(26-21)25-19-9-7-8-16(3)14-19/h7-15H,5-6H2,1-4H3,(H2,23,24,25,26). The van der Waals surface area contributed by atoms with E-state index in [0.29, 0.717) is 5.95 Å². The molecule has 3 rings (SSSR count). The summed E-state index contributed by atoms with van der Waals surface area (Å²) >= 11 is 0. The molecule has 0 amide bonds. The van der Waals surface area contributed by atoms with Gasteiger partial charge in [-0.3, -0.25) is 0 Å². The second kappa shape index (κ2) is 8.54. The number of aryl methyl sites for hydroxylation is 2. The molecule has 5 heteroatoms. The Morgan fingerprint density at radius 1 is 0.815 bits per heavy atom. The summed E-state index contributed by atoms with van der Waals surface area (Å²) in [6, 6.07) is 18.5. The molecule has 27 heavy (non-hydrogen) atoms. The maximum Gasteiger partial charge on any atom is 0.229 e. The molecule has 0 fully saturated rings. The zero-order chi connectivity index (χ0) is 19.2. The van der Waals surface area contributed by atoms with Gasteiger partial charge in [-0.1, -0.05) is 12.1 Å². The number of benzene rings is 2. The number of nitrogens with zero attached hydrogens (tertiary/aromatic N) is 3. The normalized spacial score (nSPS) is 10.5. The van der Waals surface area contributed by atoms with Gasteiger partial charge in [-0.25, -0.2) is 4.98 Å². The summed E-state index contributed by atoms with van der Waals surface area (Å²) in [6.07, 6.45) is 0. The summed E-state index contributed by atoms with van der Waals surface area (Å²) in [5.74, 6) is 1.36. The number of anilines is 5. The average Bonchev–Trinajstić information content (AvgIpc) is 2.63. The van der Waals surface area contributed by atoms with Crippen molar-refractivity contribution in [2.24, 2.45) is 0 Å². The lowest BCUT2D eigenvalue weighted by atomic mass is 10.2. The van der Waals surface area contributed by atoms with Crippen molar-refractivity contribution in [1.29, 1.82) is 0 Å². The minimum absolute atomic E-state index is 0.586. The Morgan fingerprint density at radius 3 is 2.22 bits per heavy atom. The number of nitrogens with one attached hydrogen (secondary N) is 2. The Hall–Kier alpha value is -3.08. The number of hydrogen-bond acceptors (Lipinski definition) is 5. The molecule has 0 aliphatic carbocycles. The first kappa shape index (κ1) is 18.7. The topological polar surface area (TPSA) is 53.1 Å². The summed E-state index contributed by atoms with van der Waals surface area (Å²) in [7, 11) is 0. The Kier molecular flexibility index (Phi) is 5.91. The van der Waals surface area contributed by atoms with Crippen molar-refractivity contribution < 1.29 is 0 Å². The highest BCUT2D eigenvalue weighted by Gasteiger charge is 2.05. The van der Waals surface area contributed by atoms with E-state index in [1.54, 1.807) is 0 Å². The summed E-state index contributed by atoms with van der Waals surface area (Å²) < 4.78 is 0. The third kappa shape index (κ3) is 4.97. The fourth-order valence-corrected chi connectivity index (χ4v) is 3.03. The first-order valence-corrected chi connectivity index (χ1v) is 9.38. The van der Waals surface area contributed by atoms with E-state index in [9.17, 15) is 0 Å². The van der Waals surface area contributed by atoms with Crippen molar-refractivity contribution >= 4 is 28.8 Å². The molecule has 2 aromatic carbocycles. The molecule has 1 aromatic heterocycles. The highest BCUT2D eigenvalue weighted by Crippen LogP contribution is 2.22. The quantitative estimate of drug-likeness (QED) is 0.588. The third-order valence-corrected chi connectivity index (χ3v) is 4.40. The fourth-order valence-electron chi connectivity index (χ4n) is 3.03. The molecule has 0 bridgehead atoms. The first-order chi connectivity index (χ1) is 13.1. The van der Waals surface area contributed by atoms with Crippen LogP contribution in [-0.4, -0.2) is 23.1 Å². The van der Waals surface area contributed by atoms with Gasteiger partial charge in [0.05, 0.1) is 0 Å². The van der Waals surface area contributed by atoms with Gasteiger partial charge in [0, 0.05) is 41.9 Å². The highest BCUT2D eigenvalue weighted by molar-refractivity contribution is 5.63. The number of hydrogen-bond donors (Lipinski definition) is 2. The van der Waals surface area contributed by atoms with Crippen LogP contribution in [0.25, 0.3) is 0 Å². The lowest BCUT2D eigenvalue weighted by Gasteiger charge is -2.21. The van der Waals surface area contributed by atoms with Crippen molar-refractivity contribution in [3.8, 4) is 0 Å². The molecule has 2 N–H and O–H groups in total. The van der Waals surface area contributed by atoms with Crippen molar-refractivity contribution in [3.63, 3.8) is 0 Å². The lowest BCUT2D eigenvalue weighted by molar-refractivity contribution is 0.866. The first-order valence-electron chi connectivity index (χ1n) is 9.38. The second-order valence-corrected chi connectivity index (χ2v) is 6.56. The summed E-state index contributed by atoms with van der Waals surface area (Å²) in [5.41, 5.74) is 5.31. The van der Waals surface area contributed by atoms with Gasteiger partial charge in [0.25, 0.3) is 0 Å². The summed E-state index contributed by atoms with van der Waals surface area (Å²) in [6.45, 7) is 10.4. The smallest absolute Gasteiger partial charge is 0.229 e. The molecular formula is C22H27N5. The van der Waals surface area contributed by atoms with Gasteiger partial charge in [-0.2, -0.15) is 4.98 Å². The van der Waals surface area contributed by atoms with E-state index in [1.807, 2.05) is 25.1 Å². The maximum atomic E-state index is 4.60. The van der Waals surface area contributed by atoms with Crippen molar-refractivity contribution in [3.05, 3.63) is 65.9 Å². The van der Waals surface area contributed by atoms with Crippen molar-refractivity contribution in [2.75, 3.05) is 28.6 Å². The molecule has 3 aromatic rings. The van der Waals surface area contributed by atoms with Crippen molar-refractivity contribution in [1.82, 2.24) is 9.97 Å². The highest BCUT2D eigenvalue weighted by atomic mass is 15.1. The van der Waals surface area contributed by atoms with Crippen LogP contribution < -0.4 is 15.5 Å². The SMILES string of the molecule is CCN(CC)c1ccc(Nc2cc(C)nc(Nc3cccc(C)c3)n2)cc1. The lowest BCUT2D eigenvalue weighted by Crippen LogP contribution is -2.21. The second-order valence-electron chi connectivity index (χ2n) is 6.56. The largest absolute Gasteiger partial charge is 0.372 e. The molecule has 0 spiro atoms. The van der Waals surface area contributed by atoms with Gasteiger partial charge >= 0.3 is 0 Å². The predicted molar refractivity (Wildman–Crippen MR) is 115 cm³/mol. The minimum Gasteiger partial charge on any atom is -0.372 e. The molecule has 1 heterocycles. The van der Waals surface area contributed by atoms with Crippen LogP contribution >= 0.6 is 0 Å². The fraction of sp³-hybridized carbons (Fsp3) is 0.273. The monoisotopic (exact) mass is 361 g/mol. The molecular weight excluding hydrogens is 334 g/mol. The van der Waals surface area contributed by atoms with Gasteiger partial charge < -0.3 is 15.5 Å². The maximum absolute atomic E-state index is 4.60. The third-order valence-electron chi connectivity index (χ3n) is 4.40. The van der Waals surface area contributed by atoms with Crippen LogP contribution in [0.4, 0.5) is 28.8 Å². The molecule has 0 saturated heterocycles. The Bertz CT molecular complexity index is 885. The van der Waals surface area contributed by atoms with Gasteiger partial charge in [0.2, 0.25) is 5.95 Å². The Balaban J connectivity index is 1.76. The average molecular weight is 361 g/mol. The van der Waals surface area contributed by atoms with Crippen LogP contribution in [0.1, 0.15) is 25.1 Å². The molecule has 0 aliphatic rings. The van der Waals surface area contributed by atoms with E-state index in [0.717, 1.165) is 36.0 Å². The van der Waals surface area contributed by atoms with E-state index in [4.69, 9.17) is 0 Å². The Labute approximate surface area is 161 Å². The van der Waals surface area contributed by atoms with E-state index < -0.39 is 0 Å². The van der Waals surface area contributed by atoms with E-state index in [2.05, 4.69) is 82.7 Å². The summed E-state index contributed by atoms with van der Waals surface area (Å²) in [4.78, 5) is 11.4. The zero-order valence-electron chi connectivity index (χ0n) is 16.5. The van der Waals surface area contributed by atoms with Crippen LogP contribution in [0.2, 0.25) is 0 Å². The van der Waals surface area contributed by atoms with Gasteiger partial charge in [0.1, 0.15) is 5.82 Å². The van der Waals surface area contributed by atoms with Crippen LogP contribution in [0.3, 0.4) is 0 Å². The van der Waals surface area contributed by atoms with Gasteiger partial charge in [0.15, 0.2) is 0 Å². The van der Waals surface area contributed by atoms with E-state index >= 15 is 0 Å². The van der Waals surface area contributed by atoms with Crippen LogP contribution in [-0.2, 0) is 0 Å². The zero-order valence-corrected chi connectivity index (χ0v) is 16.5. The van der Waals surface area contributed by atoms with E-state index in [1.165, 1.54) is 11.3 Å². The van der Waals surface area contributed by atoms with Gasteiger partial charge in [-0.15, -0.1) is 0 Å². The molecule has 5 nitrogen and oxygen atoms in total. The van der Waals surface area contributed by atoms with Crippen LogP contribution in [0, 0.1) is 13.8 Å². The molecule has 0 saturated carbocycles. The summed E-state index contributed by atoms with van der Waals surface area (Å²) in [5, 5.41) is 6.66. The van der Waals surface area contributed by atoms with Crippen LogP contribution in [0.5, 0.6) is 0 Å². The molecule has 0 atom stereocenters.